The summed E-state index contributed by atoms with van der Waals surface area (Å²) in [5.41, 5.74) is 14.2. The van der Waals surface area contributed by atoms with E-state index in [0.29, 0.717) is 22.6 Å². The molecule has 0 unspecified atom stereocenters. The van der Waals surface area contributed by atoms with Crippen molar-refractivity contribution in [3.63, 3.8) is 0 Å². The van der Waals surface area contributed by atoms with Crippen LogP contribution in [-0.2, 0) is 0 Å². The summed E-state index contributed by atoms with van der Waals surface area (Å²) in [5, 5.41) is 22.0. The average Bonchev–Trinajstić information content (AvgIpc) is 3.67. The third kappa shape index (κ3) is 6.75. The van der Waals surface area contributed by atoms with Crippen molar-refractivity contribution in [3.05, 3.63) is 217 Å². The third-order valence-electron chi connectivity index (χ3n) is 11.0. The lowest BCUT2D eigenvalue weighted by molar-refractivity contribution is 1.17. The summed E-state index contributed by atoms with van der Waals surface area (Å²) in [6.45, 7) is 7.99. The molecule has 2 heterocycles. The van der Waals surface area contributed by atoms with Crippen LogP contribution in [0.15, 0.2) is 194 Å². The van der Waals surface area contributed by atoms with E-state index in [9.17, 15) is 10.5 Å². The van der Waals surface area contributed by atoms with Crippen molar-refractivity contribution in [2.24, 2.45) is 0 Å². The van der Waals surface area contributed by atoms with Gasteiger partial charge in [-0.25, -0.2) is 14.8 Å². The zero-order chi connectivity index (χ0) is 41.3. The summed E-state index contributed by atoms with van der Waals surface area (Å²) >= 11 is 0. The maximum absolute atomic E-state index is 10.2. The molecule has 0 spiro atoms. The number of hydrogen-bond donors (Lipinski definition) is 0. The van der Waals surface area contributed by atoms with Crippen LogP contribution in [0.2, 0.25) is 0 Å². The summed E-state index contributed by atoms with van der Waals surface area (Å²) < 4.78 is 2.31. The Labute approximate surface area is 353 Å². The molecule has 0 radical (unpaired) electrons. The van der Waals surface area contributed by atoms with Gasteiger partial charge in [0.1, 0.15) is 0 Å². The fourth-order valence-corrected chi connectivity index (χ4v) is 8.19. The average molecular weight is 777 g/mol. The van der Waals surface area contributed by atoms with E-state index in [2.05, 4.69) is 88.3 Å². The highest BCUT2D eigenvalue weighted by molar-refractivity contribution is 6.12. The summed E-state index contributed by atoms with van der Waals surface area (Å²) in [5.74, 6) is 0.601. The number of fused-ring (bicyclic) bond motifs is 3. The van der Waals surface area contributed by atoms with E-state index in [4.69, 9.17) is 16.5 Å². The molecule has 0 N–H and O–H groups in total. The Morgan fingerprint density at radius 3 is 1.66 bits per heavy atom. The van der Waals surface area contributed by atoms with E-state index < -0.39 is 0 Å². The van der Waals surface area contributed by atoms with E-state index >= 15 is 0 Å². The normalized spacial score (nSPS) is 10.9. The van der Waals surface area contributed by atoms with E-state index in [-0.39, 0.29) is 0 Å². The van der Waals surface area contributed by atoms with Crippen LogP contribution in [-0.4, -0.2) is 14.5 Å². The highest BCUT2D eigenvalue weighted by Gasteiger charge is 2.23. The van der Waals surface area contributed by atoms with Crippen LogP contribution in [0.5, 0.6) is 0 Å². The molecule has 10 aromatic rings. The van der Waals surface area contributed by atoms with Crippen LogP contribution < -0.4 is 0 Å². The number of rotatable bonds is 7. The third-order valence-corrected chi connectivity index (χ3v) is 11.0. The first-order valence-electron chi connectivity index (χ1n) is 19.8. The Balaban J connectivity index is 1.32. The van der Waals surface area contributed by atoms with Gasteiger partial charge in [0, 0.05) is 38.6 Å². The molecule has 0 bridgehead atoms. The van der Waals surface area contributed by atoms with Gasteiger partial charge in [-0.3, -0.25) is 0 Å². The molecule has 8 aromatic carbocycles. The zero-order valence-corrected chi connectivity index (χ0v) is 32.7. The van der Waals surface area contributed by atoms with Crippen molar-refractivity contribution < 1.29 is 0 Å². The minimum absolute atomic E-state index is 0.521. The highest BCUT2D eigenvalue weighted by atomic mass is 15.0. The molecule has 0 atom stereocenters. The molecule has 0 saturated heterocycles. The Morgan fingerprint density at radius 1 is 0.426 bits per heavy atom. The molecule has 6 heteroatoms. The van der Waals surface area contributed by atoms with Gasteiger partial charge < -0.3 is 4.57 Å². The maximum Gasteiger partial charge on any atom is 0.187 e. The van der Waals surface area contributed by atoms with Gasteiger partial charge >= 0.3 is 0 Å². The number of nitrogens with zero attached hydrogens (tertiary/aromatic N) is 6. The number of nitriles is 2. The van der Waals surface area contributed by atoms with Crippen LogP contribution in [0.4, 0.5) is 5.69 Å². The fraction of sp³-hybridized carbons (Fsp3) is 0. The SMILES string of the molecule is [C-]#[N+]c1cccc(-c2cc(-c3cc(-c4ccccc4)nc(-c4ccccc4)n3)cc(-c3cccc(C#N)c3)c2-n2c3ccccc3c3cc(-c4cccc(C#N)c4)ccc32)c1. The molecule has 282 valence electrons. The molecule has 10 rings (SSSR count). The Kier molecular flexibility index (Phi) is 9.24. The van der Waals surface area contributed by atoms with Gasteiger partial charge in [0.05, 0.1) is 57.9 Å². The molecule has 0 amide bonds. The van der Waals surface area contributed by atoms with E-state index in [1.165, 1.54) is 0 Å². The molecule has 0 saturated carbocycles. The van der Waals surface area contributed by atoms with E-state index in [1.807, 2.05) is 127 Å². The van der Waals surface area contributed by atoms with Crippen molar-refractivity contribution in [3.8, 4) is 85.1 Å². The summed E-state index contributed by atoms with van der Waals surface area (Å²) in [7, 11) is 0. The van der Waals surface area contributed by atoms with Gasteiger partial charge in [-0.05, 0) is 89.0 Å². The Morgan fingerprint density at radius 2 is 0.967 bits per heavy atom. The summed E-state index contributed by atoms with van der Waals surface area (Å²) in [4.78, 5) is 14.2. The van der Waals surface area contributed by atoms with Crippen LogP contribution in [0.3, 0.4) is 0 Å². The lowest BCUT2D eigenvalue weighted by Crippen LogP contribution is -2.03. The lowest BCUT2D eigenvalue weighted by Gasteiger charge is -2.21. The molecule has 0 fully saturated rings. The van der Waals surface area contributed by atoms with E-state index in [1.54, 1.807) is 0 Å². The second-order valence-corrected chi connectivity index (χ2v) is 14.7. The van der Waals surface area contributed by atoms with E-state index in [0.717, 1.165) is 89.0 Å². The number of benzene rings is 8. The van der Waals surface area contributed by atoms with Crippen molar-refractivity contribution >= 4 is 27.5 Å². The summed E-state index contributed by atoms with van der Waals surface area (Å²) in [6.07, 6.45) is 0. The predicted molar refractivity (Wildman–Crippen MR) is 245 cm³/mol. The minimum atomic E-state index is 0.521. The Hall–Kier alpha value is -8.89. The molecule has 61 heavy (non-hydrogen) atoms. The van der Waals surface area contributed by atoms with Crippen molar-refractivity contribution in [1.82, 2.24) is 14.5 Å². The van der Waals surface area contributed by atoms with Gasteiger partial charge in [-0.15, -0.1) is 0 Å². The van der Waals surface area contributed by atoms with Crippen LogP contribution in [0.1, 0.15) is 11.1 Å². The predicted octanol–water partition coefficient (Wildman–Crippen LogP) is 13.9. The molecule has 0 aliphatic rings. The van der Waals surface area contributed by atoms with Crippen LogP contribution >= 0.6 is 0 Å². The Bertz CT molecular complexity index is 3320. The number of hydrogen-bond acceptors (Lipinski definition) is 4. The highest BCUT2D eigenvalue weighted by Crippen LogP contribution is 2.45. The topological polar surface area (TPSA) is 82.7 Å². The zero-order valence-electron chi connectivity index (χ0n) is 32.7. The van der Waals surface area contributed by atoms with Gasteiger partial charge in [-0.1, -0.05) is 127 Å². The fourth-order valence-electron chi connectivity index (χ4n) is 8.19. The lowest BCUT2D eigenvalue weighted by atomic mass is 9.91. The minimum Gasteiger partial charge on any atom is -0.308 e. The number of para-hydroxylation sites is 1. The van der Waals surface area contributed by atoms with Crippen molar-refractivity contribution in [1.29, 1.82) is 10.5 Å². The smallest absolute Gasteiger partial charge is 0.187 e. The van der Waals surface area contributed by atoms with Crippen molar-refractivity contribution in [2.75, 3.05) is 0 Å². The molecular formula is C55H32N6. The van der Waals surface area contributed by atoms with Gasteiger partial charge in [-0.2, -0.15) is 10.5 Å². The first kappa shape index (κ1) is 36.5. The first-order valence-corrected chi connectivity index (χ1v) is 19.8. The molecule has 2 aromatic heterocycles. The van der Waals surface area contributed by atoms with Gasteiger partial charge in [0.25, 0.3) is 0 Å². The number of aromatic nitrogens is 3. The van der Waals surface area contributed by atoms with Gasteiger partial charge in [0.2, 0.25) is 0 Å². The second-order valence-electron chi connectivity index (χ2n) is 14.7. The molecule has 0 aliphatic carbocycles. The standard InChI is InChI=1S/C55H32N6/c1-58-45-22-12-21-43(29-45)48-32-44(51-33-50(38-15-4-2-5-16-38)59-55(60-51)39-17-6-3-7-18-39)31-47(42-20-11-14-37(28-42)35-57)54(48)61-52-24-9-8-23-46(52)49-30-41(25-26-53(49)61)40-19-10-13-36(27-40)34-56/h2-33H. The second kappa shape index (κ2) is 15.5. The van der Waals surface area contributed by atoms with Gasteiger partial charge in [0.15, 0.2) is 11.5 Å². The largest absolute Gasteiger partial charge is 0.308 e. The quantitative estimate of drug-likeness (QED) is 0.151. The van der Waals surface area contributed by atoms with Crippen LogP contribution in [0.25, 0.3) is 99.6 Å². The molecular weight excluding hydrogens is 745 g/mol. The molecule has 6 nitrogen and oxygen atoms in total. The van der Waals surface area contributed by atoms with Crippen molar-refractivity contribution in [2.45, 2.75) is 0 Å². The first-order chi connectivity index (χ1) is 30.1. The monoisotopic (exact) mass is 776 g/mol. The maximum atomic E-state index is 10.2. The summed E-state index contributed by atoms with van der Waals surface area (Å²) in [6, 6.07) is 69.1. The molecule has 0 aliphatic heterocycles. The van der Waals surface area contributed by atoms with Crippen LogP contribution in [0, 0.1) is 29.2 Å².